The number of hydrogen-bond acceptors (Lipinski definition) is 4. The van der Waals surface area contributed by atoms with Gasteiger partial charge in [0.15, 0.2) is 0 Å². The van der Waals surface area contributed by atoms with Crippen molar-refractivity contribution in [1.82, 2.24) is 4.98 Å². The Balaban J connectivity index is 2.34. The highest BCUT2D eigenvalue weighted by molar-refractivity contribution is 6.08. The largest absolute Gasteiger partial charge is 0.463 e. The maximum Gasteiger partial charge on any atom is 0.330 e. The van der Waals surface area contributed by atoms with Gasteiger partial charge in [0, 0.05) is 30.2 Å². The van der Waals surface area contributed by atoms with Gasteiger partial charge in [-0.25, -0.2) is 4.79 Å². The minimum absolute atomic E-state index is 0.267. The Hall–Kier alpha value is -2.95. The van der Waals surface area contributed by atoms with Crippen LogP contribution in [-0.2, 0) is 14.3 Å². The minimum Gasteiger partial charge on any atom is -0.463 e. The van der Waals surface area contributed by atoms with Crippen molar-refractivity contribution in [2.75, 3.05) is 11.5 Å². The van der Waals surface area contributed by atoms with Crippen LogP contribution < -0.4 is 4.90 Å². The van der Waals surface area contributed by atoms with Crippen molar-refractivity contribution >= 4 is 23.3 Å². The van der Waals surface area contributed by atoms with E-state index in [1.54, 1.807) is 31.5 Å². The number of aromatic nitrogens is 1. The summed E-state index contributed by atoms with van der Waals surface area (Å²) in [4.78, 5) is 29.5. The third-order valence-corrected chi connectivity index (χ3v) is 3.05. The van der Waals surface area contributed by atoms with Gasteiger partial charge in [-0.15, -0.1) is 0 Å². The summed E-state index contributed by atoms with van der Waals surface area (Å²) in [5, 5.41) is 0. The first-order valence-corrected chi connectivity index (χ1v) is 7.27. The smallest absolute Gasteiger partial charge is 0.330 e. The van der Waals surface area contributed by atoms with Crippen LogP contribution in [0.5, 0.6) is 0 Å². The average Bonchev–Trinajstić information content (AvgIpc) is 2.55. The molecule has 1 amide bonds. The van der Waals surface area contributed by atoms with Crippen LogP contribution in [0, 0.1) is 6.92 Å². The Labute approximate surface area is 135 Å². The van der Waals surface area contributed by atoms with Crippen LogP contribution in [0.15, 0.2) is 60.9 Å². The molecular formula is C18H18N2O3. The molecule has 0 atom stereocenters. The predicted octanol–water partition coefficient (Wildman–Crippen LogP) is 3.17. The van der Waals surface area contributed by atoms with E-state index >= 15 is 0 Å². The first-order valence-electron chi connectivity index (χ1n) is 7.27. The molecule has 0 spiro atoms. The van der Waals surface area contributed by atoms with Gasteiger partial charge in [0.1, 0.15) is 0 Å². The summed E-state index contributed by atoms with van der Waals surface area (Å²) in [6.07, 6.45) is 5.57. The number of anilines is 2. The van der Waals surface area contributed by atoms with Crippen LogP contribution >= 0.6 is 0 Å². The van der Waals surface area contributed by atoms with Crippen molar-refractivity contribution in [2.24, 2.45) is 0 Å². The van der Waals surface area contributed by atoms with Crippen molar-refractivity contribution in [3.63, 3.8) is 0 Å². The van der Waals surface area contributed by atoms with E-state index in [1.807, 2.05) is 31.2 Å². The van der Waals surface area contributed by atoms with Crippen molar-refractivity contribution < 1.29 is 14.3 Å². The van der Waals surface area contributed by atoms with Crippen molar-refractivity contribution in [1.29, 1.82) is 0 Å². The lowest BCUT2D eigenvalue weighted by Gasteiger charge is -2.21. The normalized spacial score (nSPS) is 10.5. The van der Waals surface area contributed by atoms with E-state index in [2.05, 4.69) is 4.98 Å². The lowest BCUT2D eigenvalue weighted by molar-refractivity contribution is -0.137. The molecule has 2 aromatic rings. The predicted molar refractivity (Wildman–Crippen MR) is 88.3 cm³/mol. The van der Waals surface area contributed by atoms with Crippen LogP contribution in [0.1, 0.15) is 12.5 Å². The molecule has 0 unspecified atom stereocenters. The van der Waals surface area contributed by atoms with Gasteiger partial charge in [-0.05, 0) is 43.7 Å². The molecule has 0 saturated carbocycles. The van der Waals surface area contributed by atoms with Gasteiger partial charge in [0.05, 0.1) is 12.3 Å². The summed E-state index contributed by atoms with van der Waals surface area (Å²) >= 11 is 0. The fourth-order valence-electron chi connectivity index (χ4n) is 2.07. The van der Waals surface area contributed by atoms with Gasteiger partial charge >= 0.3 is 5.97 Å². The monoisotopic (exact) mass is 310 g/mol. The molecule has 0 aliphatic heterocycles. The lowest BCUT2D eigenvalue weighted by atomic mass is 10.2. The third-order valence-electron chi connectivity index (χ3n) is 3.05. The second-order valence-corrected chi connectivity index (χ2v) is 4.80. The number of rotatable bonds is 5. The SMILES string of the molecule is CCOC(=O)/C=C/C(=O)N(c1ccncc1)c1cccc(C)c1. The number of benzene rings is 1. The van der Waals surface area contributed by atoms with Crippen LogP contribution in [0.2, 0.25) is 0 Å². The summed E-state index contributed by atoms with van der Waals surface area (Å²) in [5.74, 6) is -0.880. The fourth-order valence-corrected chi connectivity index (χ4v) is 2.07. The summed E-state index contributed by atoms with van der Waals surface area (Å²) in [6, 6.07) is 11.0. The second-order valence-electron chi connectivity index (χ2n) is 4.80. The van der Waals surface area contributed by atoms with Crippen LogP contribution in [-0.4, -0.2) is 23.5 Å². The molecule has 2 rings (SSSR count). The summed E-state index contributed by atoms with van der Waals surface area (Å²) in [7, 11) is 0. The number of amides is 1. The quantitative estimate of drug-likeness (QED) is 0.628. The number of esters is 1. The van der Waals surface area contributed by atoms with Gasteiger partial charge in [0.25, 0.3) is 5.91 Å². The second kappa shape index (κ2) is 7.89. The highest BCUT2D eigenvalue weighted by Gasteiger charge is 2.16. The zero-order chi connectivity index (χ0) is 16.7. The van der Waals surface area contributed by atoms with E-state index < -0.39 is 5.97 Å². The van der Waals surface area contributed by atoms with E-state index in [0.717, 1.165) is 17.3 Å². The molecule has 0 saturated heterocycles. The highest BCUT2D eigenvalue weighted by atomic mass is 16.5. The zero-order valence-corrected chi connectivity index (χ0v) is 13.1. The molecule has 5 heteroatoms. The number of pyridine rings is 1. The maximum absolute atomic E-state index is 12.6. The van der Waals surface area contributed by atoms with Gasteiger partial charge in [0.2, 0.25) is 0 Å². The molecule has 1 aromatic carbocycles. The number of hydrogen-bond donors (Lipinski definition) is 0. The summed E-state index contributed by atoms with van der Waals surface area (Å²) < 4.78 is 4.80. The van der Waals surface area contributed by atoms with E-state index in [-0.39, 0.29) is 12.5 Å². The molecule has 1 heterocycles. The molecule has 0 N–H and O–H groups in total. The summed E-state index contributed by atoms with van der Waals surface area (Å²) in [5.41, 5.74) is 2.42. The van der Waals surface area contributed by atoms with E-state index in [1.165, 1.54) is 11.0 Å². The molecule has 0 radical (unpaired) electrons. The summed E-state index contributed by atoms with van der Waals surface area (Å²) in [6.45, 7) is 3.93. The van der Waals surface area contributed by atoms with Gasteiger partial charge in [-0.2, -0.15) is 0 Å². The van der Waals surface area contributed by atoms with E-state index in [4.69, 9.17) is 4.74 Å². The molecule has 0 aliphatic rings. The van der Waals surface area contributed by atoms with Crippen molar-refractivity contribution in [3.05, 3.63) is 66.5 Å². The van der Waals surface area contributed by atoms with Gasteiger partial charge in [-0.1, -0.05) is 12.1 Å². The Morgan fingerprint density at radius 1 is 1.13 bits per heavy atom. The first kappa shape index (κ1) is 16.4. The Kier molecular flexibility index (Phi) is 5.63. The molecule has 0 fully saturated rings. The number of carbonyl (C=O) groups excluding carboxylic acids is 2. The van der Waals surface area contributed by atoms with E-state index in [9.17, 15) is 9.59 Å². The third kappa shape index (κ3) is 4.51. The first-order chi connectivity index (χ1) is 11.1. The zero-order valence-electron chi connectivity index (χ0n) is 13.1. The molecule has 5 nitrogen and oxygen atoms in total. The molecule has 0 bridgehead atoms. The minimum atomic E-state index is -0.542. The number of carbonyl (C=O) groups is 2. The Bertz CT molecular complexity index is 711. The van der Waals surface area contributed by atoms with E-state index in [0.29, 0.717) is 5.69 Å². The van der Waals surface area contributed by atoms with Gasteiger partial charge < -0.3 is 4.74 Å². The van der Waals surface area contributed by atoms with Crippen molar-refractivity contribution in [3.8, 4) is 0 Å². The average molecular weight is 310 g/mol. The Morgan fingerprint density at radius 3 is 2.52 bits per heavy atom. The number of ether oxygens (including phenoxy) is 1. The topological polar surface area (TPSA) is 59.5 Å². The van der Waals surface area contributed by atoms with Gasteiger partial charge in [-0.3, -0.25) is 14.7 Å². The molecule has 0 aliphatic carbocycles. The molecule has 118 valence electrons. The van der Waals surface area contributed by atoms with Crippen LogP contribution in [0.4, 0.5) is 11.4 Å². The molecular weight excluding hydrogens is 292 g/mol. The fraction of sp³-hybridized carbons (Fsp3) is 0.167. The van der Waals surface area contributed by atoms with Crippen LogP contribution in [0.3, 0.4) is 0 Å². The number of aryl methyl sites for hydroxylation is 1. The maximum atomic E-state index is 12.6. The number of nitrogens with zero attached hydrogens (tertiary/aromatic N) is 2. The lowest BCUT2D eigenvalue weighted by Crippen LogP contribution is -2.24. The Morgan fingerprint density at radius 2 is 1.87 bits per heavy atom. The van der Waals surface area contributed by atoms with Crippen LogP contribution in [0.25, 0.3) is 0 Å². The molecule has 23 heavy (non-hydrogen) atoms. The van der Waals surface area contributed by atoms with Crippen molar-refractivity contribution in [2.45, 2.75) is 13.8 Å². The standard InChI is InChI=1S/C18H18N2O3/c1-3-23-18(22)8-7-17(21)20(15-9-11-19-12-10-15)16-6-4-5-14(2)13-16/h4-13H,3H2,1-2H3/b8-7+. The molecule has 1 aromatic heterocycles. The highest BCUT2D eigenvalue weighted by Crippen LogP contribution is 2.26.